The van der Waals surface area contributed by atoms with E-state index in [4.69, 9.17) is 4.74 Å². The van der Waals surface area contributed by atoms with Crippen molar-refractivity contribution in [1.82, 2.24) is 0 Å². The van der Waals surface area contributed by atoms with Crippen molar-refractivity contribution in [3.8, 4) is 0 Å². The number of ether oxygens (including phenoxy) is 1. The number of hydrogen-bond acceptors (Lipinski definition) is 1. The van der Waals surface area contributed by atoms with Crippen LogP contribution < -0.4 is 0 Å². The third-order valence-corrected chi connectivity index (χ3v) is 3.55. The number of rotatable bonds is 2. The average Bonchev–Trinajstić information content (AvgIpc) is 3.20. The molecule has 0 radical (unpaired) electrons. The second-order valence-electron chi connectivity index (χ2n) is 5.58. The third kappa shape index (κ3) is 4.87. The Morgan fingerprint density at radius 3 is 1.76 bits per heavy atom. The van der Waals surface area contributed by atoms with Gasteiger partial charge in [-0.1, -0.05) is 71.8 Å². The van der Waals surface area contributed by atoms with Gasteiger partial charge in [0.05, 0.1) is 6.10 Å². The van der Waals surface area contributed by atoms with E-state index in [0.717, 1.165) is 0 Å². The highest BCUT2D eigenvalue weighted by molar-refractivity contribution is 5.48. The Bertz CT molecular complexity index is 578. The summed E-state index contributed by atoms with van der Waals surface area (Å²) in [5.74, 6) is 0. The molecule has 1 aliphatic rings. The molecule has 1 fully saturated rings. The number of hydrogen-bond donors (Lipinski definition) is 0. The maximum Gasteiger partial charge on any atom is 0.109 e. The molecule has 0 aromatic heterocycles. The van der Waals surface area contributed by atoms with Gasteiger partial charge in [0.15, 0.2) is 0 Å². The predicted molar refractivity (Wildman–Crippen MR) is 90.4 cm³/mol. The third-order valence-electron chi connectivity index (χ3n) is 3.55. The summed E-state index contributed by atoms with van der Waals surface area (Å²) >= 11 is 0. The molecule has 0 N–H and O–H groups in total. The number of allylic oxidation sites excluding steroid dienone is 1. The molecule has 1 aliphatic heterocycles. The molecule has 0 bridgehead atoms. The zero-order valence-corrected chi connectivity index (χ0v) is 13.3. The molecule has 0 spiro atoms. The van der Waals surface area contributed by atoms with Gasteiger partial charge >= 0.3 is 0 Å². The first-order valence-electron chi connectivity index (χ1n) is 7.51. The molecule has 0 aliphatic carbocycles. The van der Waals surface area contributed by atoms with Crippen LogP contribution in [0.4, 0.5) is 0 Å². The lowest BCUT2D eigenvalue weighted by molar-refractivity contribution is 0.383. The Kier molecular flexibility index (Phi) is 5.35. The summed E-state index contributed by atoms with van der Waals surface area (Å²) in [6.07, 6.45) is 4.94. The number of epoxide rings is 1. The molecular formula is C20H24O. The van der Waals surface area contributed by atoms with Gasteiger partial charge in [-0.15, -0.1) is 0 Å². The van der Waals surface area contributed by atoms with Crippen LogP contribution in [0.3, 0.4) is 0 Å². The van der Waals surface area contributed by atoms with Crippen LogP contribution in [0.1, 0.15) is 42.2 Å². The van der Waals surface area contributed by atoms with Gasteiger partial charge in [0.2, 0.25) is 0 Å². The average molecular weight is 280 g/mol. The van der Waals surface area contributed by atoms with Crippen LogP contribution in [-0.2, 0) is 4.74 Å². The number of aryl methyl sites for hydroxylation is 2. The molecule has 1 nitrogen and oxygen atoms in total. The molecule has 21 heavy (non-hydrogen) atoms. The molecule has 0 saturated carbocycles. The highest BCUT2D eigenvalue weighted by Crippen LogP contribution is 2.37. The van der Waals surface area contributed by atoms with Crippen LogP contribution in [-0.4, -0.2) is 6.10 Å². The van der Waals surface area contributed by atoms with E-state index in [1.807, 2.05) is 13.0 Å². The van der Waals surface area contributed by atoms with Crippen molar-refractivity contribution < 1.29 is 4.74 Å². The molecule has 1 saturated heterocycles. The van der Waals surface area contributed by atoms with Crippen LogP contribution in [0.2, 0.25) is 0 Å². The largest absolute Gasteiger partial charge is 0.365 e. The van der Waals surface area contributed by atoms with E-state index in [2.05, 4.69) is 75.4 Å². The summed E-state index contributed by atoms with van der Waals surface area (Å²) < 4.78 is 5.34. The maximum atomic E-state index is 5.34. The molecule has 110 valence electrons. The van der Waals surface area contributed by atoms with Crippen molar-refractivity contribution >= 4 is 6.08 Å². The lowest BCUT2D eigenvalue weighted by Crippen LogP contribution is -1.82. The Labute approximate surface area is 128 Å². The quantitative estimate of drug-likeness (QED) is 0.663. The molecule has 1 heteroatoms. The van der Waals surface area contributed by atoms with Gasteiger partial charge in [-0.2, -0.15) is 0 Å². The van der Waals surface area contributed by atoms with Crippen LogP contribution >= 0.6 is 0 Å². The Balaban J connectivity index is 0.000000155. The molecule has 0 amide bonds. The molecule has 0 unspecified atom stereocenters. The van der Waals surface area contributed by atoms with Crippen molar-refractivity contribution in [3.63, 3.8) is 0 Å². The SMILES string of the molecule is C/C=C/c1ccc(C)cc1.Cc1ccc([C@@H]2O[C@H]2C)cc1. The topological polar surface area (TPSA) is 12.5 Å². The van der Waals surface area contributed by atoms with E-state index in [9.17, 15) is 0 Å². The highest BCUT2D eigenvalue weighted by atomic mass is 16.6. The minimum Gasteiger partial charge on any atom is -0.365 e. The van der Waals surface area contributed by atoms with Crippen molar-refractivity contribution in [3.05, 3.63) is 76.9 Å². The van der Waals surface area contributed by atoms with Gasteiger partial charge in [-0.3, -0.25) is 0 Å². The summed E-state index contributed by atoms with van der Waals surface area (Å²) in [4.78, 5) is 0. The second kappa shape index (κ2) is 7.24. The maximum absolute atomic E-state index is 5.34. The van der Waals surface area contributed by atoms with E-state index < -0.39 is 0 Å². The first kappa shape index (κ1) is 15.5. The zero-order chi connectivity index (χ0) is 15.2. The standard InChI is InChI=1S/C10H12O.C10H12/c1-7-3-5-9(6-4-7)10-8(2)11-10;1-3-4-10-7-5-9(2)6-8-10/h3-6,8,10H,1-2H3;3-8H,1-2H3/b;4-3+/t8-,10+;/m0./s1. The molecule has 1 heterocycles. The van der Waals surface area contributed by atoms with Gasteiger partial charge in [-0.25, -0.2) is 0 Å². The van der Waals surface area contributed by atoms with Crippen molar-refractivity contribution in [2.45, 2.75) is 39.9 Å². The smallest absolute Gasteiger partial charge is 0.109 e. The summed E-state index contributed by atoms with van der Waals surface area (Å²) in [5.41, 5.74) is 5.20. The minimum atomic E-state index is 0.371. The fourth-order valence-corrected chi connectivity index (χ4v) is 2.16. The van der Waals surface area contributed by atoms with Gasteiger partial charge in [0.25, 0.3) is 0 Å². The first-order chi connectivity index (χ1) is 10.1. The molecule has 2 aromatic rings. The van der Waals surface area contributed by atoms with Crippen molar-refractivity contribution in [1.29, 1.82) is 0 Å². The molecule has 3 rings (SSSR count). The van der Waals surface area contributed by atoms with Gasteiger partial charge in [-0.05, 0) is 38.8 Å². The van der Waals surface area contributed by atoms with Crippen LogP contribution in [0.25, 0.3) is 6.08 Å². The lowest BCUT2D eigenvalue weighted by atomic mass is 10.1. The van der Waals surface area contributed by atoms with Crippen molar-refractivity contribution in [2.75, 3.05) is 0 Å². The fraction of sp³-hybridized carbons (Fsp3) is 0.300. The zero-order valence-electron chi connectivity index (χ0n) is 13.3. The first-order valence-corrected chi connectivity index (χ1v) is 7.51. The van der Waals surface area contributed by atoms with E-state index in [0.29, 0.717) is 12.2 Å². The fourth-order valence-electron chi connectivity index (χ4n) is 2.16. The summed E-state index contributed by atoms with van der Waals surface area (Å²) in [6.45, 7) is 8.32. The van der Waals surface area contributed by atoms with E-state index >= 15 is 0 Å². The predicted octanol–water partition coefficient (Wildman–Crippen LogP) is 5.48. The summed E-state index contributed by atoms with van der Waals surface area (Å²) in [6, 6.07) is 17.0. The van der Waals surface area contributed by atoms with Crippen LogP contribution in [0.15, 0.2) is 54.6 Å². The molecule has 2 atom stereocenters. The highest BCUT2D eigenvalue weighted by Gasteiger charge is 2.35. The Hall–Kier alpha value is -1.86. The van der Waals surface area contributed by atoms with Crippen LogP contribution in [0, 0.1) is 13.8 Å². The van der Waals surface area contributed by atoms with Gasteiger partial charge < -0.3 is 4.74 Å². The van der Waals surface area contributed by atoms with E-state index in [1.54, 1.807) is 0 Å². The summed E-state index contributed by atoms with van der Waals surface area (Å²) in [5, 5.41) is 0. The Morgan fingerprint density at radius 2 is 1.33 bits per heavy atom. The molecular weight excluding hydrogens is 256 g/mol. The lowest BCUT2D eigenvalue weighted by Gasteiger charge is -1.95. The normalized spacial score (nSPS) is 20.0. The monoisotopic (exact) mass is 280 g/mol. The second-order valence-corrected chi connectivity index (χ2v) is 5.58. The van der Waals surface area contributed by atoms with Gasteiger partial charge in [0.1, 0.15) is 6.10 Å². The number of benzene rings is 2. The Morgan fingerprint density at radius 1 is 0.857 bits per heavy atom. The molecule has 2 aromatic carbocycles. The van der Waals surface area contributed by atoms with Gasteiger partial charge in [0, 0.05) is 0 Å². The van der Waals surface area contributed by atoms with Crippen molar-refractivity contribution in [2.24, 2.45) is 0 Å². The minimum absolute atomic E-state index is 0.371. The van der Waals surface area contributed by atoms with E-state index in [1.165, 1.54) is 22.3 Å². The summed E-state index contributed by atoms with van der Waals surface area (Å²) in [7, 11) is 0. The van der Waals surface area contributed by atoms with E-state index in [-0.39, 0.29) is 0 Å². The van der Waals surface area contributed by atoms with Crippen LogP contribution in [0.5, 0.6) is 0 Å².